The van der Waals surface area contributed by atoms with E-state index in [1.165, 1.54) is 18.2 Å². The number of ether oxygens (including phenoxy) is 2. The van der Waals surface area contributed by atoms with Crippen LogP contribution in [-0.2, 0) is 14.6 Å². The maximum absolute atomic E-state index is 12.1. The van der Waals surface area contributed by atoms with Crippen LogP contribution in [0.25, 0.3) is 6.08 Å². The number of carbonyl (C=O) groups is 1. The molecular formula is C19H19NO5S. The van der Waals surface area contributed by atoms with Crippen molar-refractivity contribution in [1.82, 2.24) is 5.32 Å². The molecule has 0 aromatic heterocycles. The van der Waals surface area contributed by atoms with Gasteiger partial charge in [0.1, 0.15) is 0 Å². The van der Waals surface area contributed by atoms with Gasteiger partial charge in [0.15, 0.2) is 21.3 Å². The highest BCUT2D eigenvalue weighted by atomic mass is 32.2. The molecule has 0 unspecified atom stereocenters. The van der Waals surface area contributed by atoms with Gasteiger partial charge in [0, 0.05) is 12.3 Å². The quantitative estimate of drug-likeness (QED) is 0.815. The zero-order valence-corrected chi connectivity index (χ0v) is 15.2. The second kappa shape index (κ2) is 7.21. The Morgan fingerprint density at radius 3 is 2.50 bits per heavy atom. The van der Waals surface area contributed by atoms with Crippen molar-refractivity contribution in [3.05, 3.63) is 59.7 Å². The van der Waals surface area contributed by atoms with Crippen LogP contribution < -0.4 is 14.8 Å². The zero-order valence-electron chi connectivity index (χ0n) is 14.4. The fourth-order valence-corrected chi connectivity index (χ4v) is 3.17. The third-order valence-electron chi connectivity index (χ3n) is 3.99. The number of carbonyl (C=O) groups excluding carboxylic acids is 1. The molecule has 0 aliphatic carbocycles. The second-order valence-corrected chi connectivity index (χ2v) is 8.03. The highest BCUT2D eigenvalue weighted by molar-refractivity contribution is 7.90. The van der Waals surface area contributed by atoms with E-state index in [0.29, 0.717) is 11.5 Å². The molecule has 0 saturated carbocycles. The monoisotopic (exact) mass is 373 g/mol. The Kier molecular flexibility index (Phi) is 4.99. The zero-order chi connectivity index (χ0) is 18.7. The van der Waals surface area contributed by atoms with Crippen molar-refractivity contribution in [2.45, 2.75) is 17.9 Å². The van der Waals surface area contributed by atoms with E-state index in [-0.39, 0.29) is 23.6 Å². The van der Waals surface area contributed by atoms with Crippen LogP contribution in [0.1, 0.15) is 24.1 Å². The number of rotatable bonds is 5. The third-order valence-corrected chi connectivity index (χ3v) is 5.12. The number of sulfone groups is 1. The van der Waals surface area contributed by atoms with Crippen LogP contribution in [0.2, 0.25) is 0 Å². The van der Waals surface area contributed by atoms with Gasteiger partial charge in [0.2, 0.25) is 12.7 Å². The summed E-state index contributed by atoms with van der Waals surface area (Å²) in [5, 5.41) is 2.85. The van der Waals surface area contributed by atoms with Gasteiger partial charge >= 0.3 is 0 Å². The highest BCUT2D eigenvalue weighted by Gasteiger charge is 2.13. The van der Waals surface area contributed by atoms with Crippen molar-refractivity contribution in [2.75, 3.05) is 13.0 Å². The van der Waals surface area contributed by atoms with Crippen LogP contribution in [0.4, 0.5) is 0 Å². The van der Waals surface area contributed by atoms with Crippen molar-refractivity contribution in [1.29, 1.82) is 0 Å². The first kappa shape index (κ1) is 18.0. The first-order valence-electron chi connectivity index (χ1n) is 8.01. The minimum absolute atomic E-state index is 0.207. The molecule has 1 aliphatic heterocycles. The van der Waals surface area contributed by atoms with Gasteiger partial charge in [0.05, 0.1) is 10.9 Å². The first-order valence-corrected chi connectivity index (χ1v) is 9.90. The lowest BCUT2D eigenvalue weighted by Gasteiger charge is -2.13. The lowest BCUT2D eigenvalue weighted by atomic mass is 10.1. The summed E-state index contributed by atoms with van der Waals surface area (Å²) < 4.78 is 33.5. The molecule has 26 heavy (non-hydrogen) atoms. The van der Waals surface area contributed by atoms with Gasteiger partial charge in [-0.15, -0.1) is 0 Å². The molecule has 136 valence electrons. The van der Waals surface area contributed by atoms with Crippen molar-refractivity contribution in [3.63, 3.8) is 0 Å². The van der Waals surface area contributed by atoms with E-state index in [4.69, 9.17) is 9.47 Å². The lowest BCUT2D eigenvalue weighted by molar-refractivity contribution is -0.117. The molecule has 1 heterocycles. The predicted octanol–water partition coefficient (Wildman–Crippen LogP) is 2.71. The van der Waals surface area contributed by atoms with E-state index >= 15 is 0 Å². The van der Waals surface area contributed by atoms with Gasteiger partial charge in [-0.05, 0) is 48.4 Å². The minimum Gasteiger partial charge on any atom is -0.454 e. The summed E-state index contributed by atoms with van der Waals surface area (Å²) in [6.45, 7) is 2.04. The molecular weight excluding hydrogens is 354 g/mol. The molecule has 0 fully saturated rings. The van der Waals surface area contributed by atoms with E-state index in [0.717, 1.165) is 17.4 Å². The molecule has 1 N–H and O–H groups in total. The van der Waals surface area contributed by atoms with Gasteiger partial charge in [-0.25, -0.2) is 8.42 Å². The predicted molar refractivity (Wildman–Crippen MR) is 97.7 cm³/mol. The summed E-state index contributed by atoms with van der Waals surface area (Å²) >= 11 is 0. The van der Waals surface area contributed by atoms with Crippen LogP contribution in [0.3, 0.4) is 0 Å². The lowest BCUT2D eigenvalue weighted by Crippen LogP contribution is -2.24. The molecule has 1 amide bonds. The number of hydrogen-bond donors (Lipinski definition) is 1. The Hall–Kier alpha value is -2.80. The fourth-order valence-electron chi connectivity index (χ4n) is 2.54. The standard InChI is InChI=1S/C19H19NO5S/c1-13(15-5-7-16(8-6-15)26(2,22)23)20-19(21)10-4-14-3-9-17-18(11-14)25-12-24-17/h3-11,13H,12H2,1-2H3,(H,20,21)/b10-4+/t13-/m0/s1. The largest absolute Gasteiger partial charge is 0.454 e. The SMILES string of the molecule is C[C@H](NC(=O)/C=C/c1ccc2c(c1)OCO2)c1ccc(S(C)(=O)=O)cc1. The summed E-state index contributed by atoms with van der Waals surface area (Å²) in [7, 11) is -3.23. The molecule has 0 spiro atoms. The summed E-state index contributed by atoms with van der Waals surface area (Å²) in [5.74, 6) is 1.10. The molecule has 0 saturated heterocycles. The molecule has 1 atom stereocenters. The van der Waals surface area contributed by atoms with Crippen molar-refractivity contribution in [3.8, 4) is 11.5 Å². The topological polar surface area (TPSA) is 81.7 Å². The Morgan fingerprint density at radius 2 is 1.81 bits per heavy atom. The summed E-state index contributed by atoms with van der Waals surface area (Å²) in [4.78, 5) is 12.4. The van der Waals surface area contributed by atoms with E-state index in [2.05, 4.69) is 5.32 Å². The number of fused-ring (bicyclic) bond motifs is 1. The second-order valence-electron chi connectivity index (χ2n) is 6.02. The Balaban J connectivity index is 1.62. The number of benzene rings is 2. The molecule has 2 aromatic carbocycles. The first-order chi connectivity index (χ1) is 12.3. The molecule has 1 aliphatic rings. The Labute approximate surface area is 152 Å². The van der Waals surface area contributed by atoms with Crippen molar-refractivity contribution < 1.29 is 22.7 Å². The average Bonchev–Trinajstić information content (AvgIpc) is 3.07. The average molecular weight is 373 g/mol. The molecule has 0 radical (unpaired) electrons. The van der Waals surface area contributed by atoms with Gasteiger partial charge in [0.25, 0.3) is 0 Å². The molecule has 3 rings (SSSR count). The van der Waals surface area contributed by atoms with Crippen LogP contribution in [0, 0.1) is 0 Å². The maximum Gasteiger partial charge on any atom is 0.244 e. The van der Waals surface area contributed by atoms with Gasteiger partial charge in [-0.3, -0.25) is 4.79 Å². The molecule has 0 bridgehead atoms. The van der Waals surface area contributed by atoms with Gasteiger partial charge < -0.3 is 14.8 Å². The van der Waals surface area contributed by atoms with Crippen LogP contribution in [-0.4, -0.2) is 27.4 Å². The van der Waals surface area contributed by atoms with E-state index in [1.807, 2.05) is 13.0 Å². The maximum atomic E-state index is 12.1. The third kappa shape index (κ3) is 4.23. The van der Waals surface area contributed by atoms with E-state index < -0.39 is 9.84 Å². The van der Waals surface area contributed by atoms with Gasteiger partial charge in [-0.2, -0.15) is 0 Å². The summed E-state index contributed by atoms with van der Waals surface area (Å²) in [6, 6.07) is 11.7. The summed E-state index contributed by atoms with van der Waals surface area (Å²) in [6.07, 6.45) is 4.30. The fraction of sp³-hybridized carbons (Fsp3) is 0.211. The number of hydrogen-bond acceptors (Lipinski definition) is 5. The van der Waals surface area contributed by atoms with E-state index in [1.54, 1.807) is 30.3 Å². The van der Waals surface area contributed by atoms with E-state index in [9.17, 15) is 13.2 Å². The van der Waals surface area contributed by atoms with Crippen molar-refractivity contribution in [2.24, 2.45) is 0 Å². The normalized spacial score (nSPS) is 14.4. The van der Waals surface area contributed by atoms with Crippen LogP contribution in [0.15, 0.2) is 53.4 Å². The summed E-state index contributed by atoms with van der Waals surface area (Å²) in [5.41, 5.74) is 1.65. The Bertz CT molecular complexity index is 948. The van der Waals surface area contributed by atoms with Crippen LogP contribution >= 0.6 is 0 Å². The Morgan fingerprint density at radius 1 is 1.12 bits per heavy atom. The smallest absolute Gasteiger partial charge is 0.244 e. The highest BCUT2D eigenvalue weighted by Crippen LogP contribution is 2.32. The number of nitrogens with one attached hydrogen (secondary N) is 1. The van der Waals surface area contributed by atoms with Crippen molar-refractivity contribution >= 4 is 21.8 Å². The van der Waals surface area contributed by atoms with Crippen LogP contribution in [0.5, 0.6) is 11.5 Å². The molecule has 6 nitrogen and oxygen atoms in total. The molecule has 7 heteroatoms. The van der Waals surface area contributed by atoms with Gasteiger partial charge in [-0.1, -0.05) is 18.2 Å². The molecule has 2 aromatic rings. The minimum atomic E-state index is -3.23. The number of amides is 1.